The van der Waals surface area contributed by atoms with E-state index in [1.54, 1.807) is 7.11 Å². The SMILES string of the molecule is COc1ccc(OCCC(O)c2ccccc2)cc1. The largest absolute Gasteiger partial charge is 0.497 e. The van der Waals surface area contributed by atoms with Crippen LogP contribution in [0.25, 0.3) is 0 Å². The van der Waals surface area contributed by atoms with E-state index in [-0.39, 0.29) is 0 Å². The zero-order valence-corrected chi connectivity index (χ0v) is 11.0. The second kappa shape index (κ2) is 6.81. The van der Waals surface area contributed by atoms with Crippen LogP contribution in [0, 0.1) is 0 Å². The van der Waals surface area contributed by atoms with Crippen molar-refractivity contribution in [1.82, 2.24) is 0 Å². The minimum atomic E-state index is -0.487. The zero-order valence-electron chi connectivity index (χ0n) is 11.0. The molecule has 0 aliphatic rings. The van der Waals surface area contributed by atoms with Gasteiger partial charge in [-0.05, 0) is 29.8 Å². The van der Waals surface area contributed by atoms with Crippen LogP contribution < -0.4 is 9.47 Å². The van der Waals surface area contributed by atoms with Crippen molar-refractivity contribution in [2.75, 3.05) is 13.7 Å². The third kappa shape index (κ3) is 4.00. The Bertz CT molecular complexity index is 479. The highest BCUT2D eigenvalue weighted by atomic mass is 16.5. The van der Waals surface area contributed by atoms with Gasteiger partial charge in [0.05, 0.1) is 19.8 Å². The summed E-state index contributed by atoms with van der Waals surface area (Å²) in [6, 6.07) is 17.0. The van der Waals surface area contributed by atoms with Gasteiger partial charge in [-0.25, -0.2) is 0 Å². The van der Waals surface area contributed by atoms with Gasteiger partial charge in [-0.15, -0.1) is 0 Å². The van der Waals surface area contributed by atoms with E-state index in [1.165, 1.54) is 0 Å². The third-order valence-electron chi connectivity index (χ3n) is 2.90. The van der Waals surface area contributed by atoms with Crippen molar-refractivity contribution in [3.8, 4) is 11.5 Å². The maximum Gasteiger partial charge on any atom is 0.119 e. The van der Waals surface area contributed by atoms with Gasteiger partial charge in [-0.2, -0.15) is 0 Å². The van der Waals surface area contributed by atoms with Gasteiger partial charge >= 0.3 is 0 Å². The Morgan fingerprint density at radius 1 is 0.947 bits per heavy atom. The average Bonchev–Trinajstić information content (AvgIpc) is 2.49. The fraction of sp³-hybridized carbons (Fsp3) is 0.250. The summed E-state index contributed by atoms with van der Waals surface area (Å²) in [4.78, 5) is 0. The molecule has 0 saturated heterocycles. The molecule has 0 amide bonds. The summed E-state index contributed by atoms with van der Waals surface area (Å²) in [5, 5.41) is 9.98. The van der Waals surface area contributed by atoms with Gasteiger partial charge in [0.2, 0.25) is 0 Å². The Hall–Kier alpha value is -2.00. The smallest absolute Gasteiger partial charge is 0.119 e. The predicted octanol–water partition coefficient (Wildman–Crippen LogP) is 3.20. The van der Waals surface area contributed by atoms with E-state index in [1.807, 2.05) is 54.6 Å². The van der Waals surface area contributed by atoms with Gasteiger partial charge in [-0.3, -0.25) is 0 Å². The molecule has 100 valence electrons. The highest BCUT2D eigenvalue weighted by Gasteiger charge is 2.06. The molecule has 0 aliphatic carbocycles. The Morgan fingerprint density at radius 3 is 2.21 bits per heavy atom. The average molecular weight is 258 g/mol. The monoisotopic (exact) mass is 258 g/mol. The van der Waals surface area contributed by atoms with Gasteiger partial charge < -0.3 is 14.6 Å². The Balaban J connectivity index is 1.79. The van der Waals surface area contributed by atoms with Crippen LogP contribution in [0.2, 0.25) is 0 Å². The first-order valence-electron chi connectivity index (χ1n) is 6.29. The van der Waals surface area contributed by atoms with E-state index in [0.29, 0.717) is 13.0 Å². The molecule has 19 heavy (non-hydrogen) atoms. The molecular weight excluding hydrogens is 240 g/mol. The normalized spacial score (nSPS) is 11.9. The van der Waals surface area contributed by atoms with Gasteiger partial charge in [0.1, 0.15) is 11.5 Å². The molecular formula is C16H18O3. The number of ether oxygens (including phenoxy) is 2. The van der Waals surface area contributed by atoms with E-state index in [4.69, 9.17) is 9.47 Å². The van der Waals surface area contributed by atoms with Crippen molar-refractivity contribution >= 4 is 0 Å². The minimum absolute atomic E-state index is 0.475. The summed E-state index contributed by atoms with van der Waals surface area (Å²) in [6.07, 6.45) is 0.0789. The molecule has 2 aromatic rings. The summed E-state index contributed by atoms with van der Waals surface area (Å²) >= 11 is 0. The molecule has 3 nitrogen and oxygen atoms in total. The molecule has 0 heterocycles. The number of hydrogen-bond acceptors (Lipinski definition) is 3. The van der Waals surface area contributed by atoms with Gasteiger partial charge in [0.15, 0.2) is 0 Å². The summed E-state index contributed by atoms with van der Waals surface area (Å²) in [6.45, 7) is 0.475. The topological polar surface area (TPSA) is 38.7 Å². The molecule has 0 aliphatic heterocycles. The second-order valence-corrected chi connectivity index (χ2v) is 4.24. The molecule has 1 N–H and O–H groups in total. The molecule has 1 unspecified atom stereocenters. The lowest BCUT2D eigenvalue weighted by Crippen LogP contribution is -2.05. The fourth-order valence-electron chi connectivity index (χ4n) is 1.80. The van der Waals surface area contributed by atoms with Crippen LogP contribution in [-0.4, -0.2) is 18.8 Å². The number of benzene rings is 2. The van der Waals surface area contributed by atoms with Crippen molar-refractivity contribution in [3.63, 3.8) is 0 Å². The number of aliphatic hydroxyl groups is 1. The molecule has 0 saturated carbocycles. The Kier molecular flexibility index (Phi) is 4.81. The summed E-state index contributed by atoms with van der Waals surface area (Å²) in [5.74, 6) is 1.58. The molecule has 1 atom stereocenters. The minimum Gasteiger partial charge on any atom is -0.497 e. The number of aliphatic hydroxyl groups excluding tert-OH is 1. The van der Waals surface area contributed by atoms with Gasteiger partial charge in [-0.1, -0.05) is 30.3 Å². The maximum absolute atomic E-state index is 9.98. The summed E-state index contributed by atoms with van der Waals surface area (Å²) in [7, 11) is 1.63. The van der Waals surface area contributed by atoms with Crippen LogP contribution in [0.1, 0.15) is 18.1 Å². The van der Waals surface area contributed by atoms with Crippen LogP contribution in [0.3, 0.4) is 0 Å². The predicted molar refractivity (Wildman–Crippen MR) is 74.5 cm³/mol. The number of hydrogen-bond donors (Lipinski definition) is 1. The maximum atomic E-state index is 9.98. The first-order chi connectivity index (χ1) is 9.29. The number of methoxy groups -OCH3 is 1. The standard InChI is InChI=1S/C16H18O3/c1-18-14-7-9-15(10-8-14)19-12-11-16(17)13-5-3-2-4-6-13/h2-10,16-17H,11-12H2,1H3. The first kappa shape index (κ1) is 13.4. The molecule has 2 rings (SSSR count). The van der Waals surface area contributed by atoms with Crippen LogP contribution in [0.15, 0.2) is 54.6 Å². The molecule has 2 aromatic carbocycles. The van der Waals surface area contributed by atoms with E-state index in [0.717, 1.165) is 17.1 Å². The van der Waals surface area contributed by atoms with Crippen LogP contribution in [0.4, 0.5) is 0 Å². The van der Waals surface area contributed by atoms with Crippen LogP contribution in [-0.2, 0) is 0 Å². The lowest BCUT2D eigenvalue weighted by atomic mass is 10.1. The summed E-state index contributed by atoms with van der Waals surface area (Å²) in [5.41, 5.74) is 0.917. The van der Waals surface area contributed by atoms with Crippen molar-refractivity contribution < 1.29 is 14.6 Å². The molecule has 0 bridgehead atoms. The summed E-state index contributed by atoms with van der Waals surface area (Å²) < 4.78 is 10.7. The third-order valence-corrected chi connectivity index (χ3v) is 2.90. The Morgan fingerprint density at radius 2 is 1.58 bits per heavy atom. The number of rotatable bonds is 6. The molecule has 3 heteroatoms. The van der Waals surface area contributed by atoms with E-state index < -0.39 is 6.10 Å². The van der Waals surface area contributed by atoms with Crippen molar-refractivity contribution in [2.45, 2.75) is 12.5 Å². The molecule has 0 aromatic heterocycles. The highest BCUT2D eigenvalue weighted by Crippen LogP contribution is 2.19. The quantitative estimate of drug-likeness (QED) is 0.864. The zero-order chi connectivity index (χ0) is 13.5. The molecule has 0 radical (unpaired) electrons. The van der Waals surface area contributed by atoms with E-state index >= 15 is 0 Å². The van der Waals surface area contributed by atoms with Crippen molar-refractivity contribution in [3.05, 3.63) is 60.2 Å². The highest BCUT2D eigenvalue weighted by molar-refractivity contribution is 5.31. The van der Waals surface area contributed by atoms with Crippen LogP contribution >= 0.6 is 0 Å². The Labute approximate surface area is 113 Å². The lowest BCUT2D eigenvalue weighted by molar-refractivity contribution is 0.141. The second-order valence-electron chi connectivity index (χ2n) is 4.24. The van der Waals surface area contributed by atoms with Gasteiger partial charge in [0, 0.05) is 6.42 Å². The van der Waals surface area contributed by atoms with Gasteiger partial charge in [0.25, 0.3) is 0 Å². The lowest BCUT2D eigenvalue weighted by Gasteiger charge is -2.12. The van der Waals surface area contributed by atoms with E-state index in [9.17, 15) is 5.11 Å². The van der Waals surface area contributed by atoms with Crippen LogP contribution in [0.5, 0.6) is 11.5 Å². The van der Waals surface area contributed by atoms with Crippen molar-refractivity contribution in [1.29, 1.82) is 0 Å². The van der Waals surface area contributed by atoms with Crippen molar-refractivity contribution in [2.24, 2.45) is 0 Å². The molecule has 0 fully saturated rings. The molecule has 0 spiro atoms. The van der Waals surface area contributed by atoms with E-state index in [2.05, 4.69) is 0 Å². The first-order valence-corrected chi connectivity index (χ1v) is 6.29. The fourth-order valence-corrected chi connectivity index (χ4v) is 1.80.